The van der Waals surface area contributed by atoms with Gasteiger partial charge in [-0.05, 0) is 0 Å². The third-order valence-electron chi connectivity index (χ3n) is 2.24. The summed E-state index contributed by atoms with van der Waals surface area (Å²) in [6, 6.07) is 10.1. The predicted molar refractivity (Wildman–Crippen MR) is 62.9 cm³/mol. The van der Waals surface area contributed by atoms with Gasteiger partial charge in [0.1, 0.15) is 6.33 Å². The van der Waals surface area contributed by atoms with Crippen LogP contribution in [-0.4, -0.2) is 20.2 Å². The fourth-order valence-corrected chi connectivity index (χ4v) is 2.29. The normalized spacial score (nSPS) is 10.5. The number of aromatic nitrogens is 4. The van der Waals surface area contributed by atoms with Crippen LogP contribution >= 0.6 is 11.3 Å². The summed E-state index contributed by atoms with van der Waals surface area (Å²) in [6.45, 7) is 0. The molecule has 0 radical (unpaired) electrons. The van der Waals surface area contributed by atoms with Crippen molar-refractivity contribution in [3.63, 3.8) is 0 Å². The van der Waals surface area contributed by atoms with Crippen LogP contribution in [0.25, 0.3) is 22.0 Å². The van der Waals surface area contributed by atoms with E-state index in [1.54, 1.807) is 11.3 Å². The first-order chi connectivity index (χ1) is 7.95. The van der Waals surface area contributed by atoms with E-state index in [-0.39, 0.29) is 0 Å². The van der Waals surface area contributed by atoms with Gasteiger partial charge < -0.3 is 0 Å². The van der Waals surface area contributed by atoms with Gasteiger partial charge in [-0.3, -0.25) is 5.10 Å². The van der Waals surface area contributed by atoms with Crippen molar-refractivity contribution in [3.05, 3.63) is 42.2 Å². The van der Waals surface area contributed by atoms with E-state index >= 15 is 0 Å². The minimum absolute atomic E-state index is 0.765. The maximum Gasteiger partial charge on any atom is 0.167 e. The van der Waals surface area contributed by atoms with Crippen molar-refractivity contribution in [2.45, 2.75) is 0 Å². The lowest BCUT2D eigenvalue weighted by Gasteiger charge is -1.98. The molecule has 2 heterocycles. The van der Waals surface area contributed by atoms with E-state index in [4.69, 9.17) is 0 Å². The van der Waals surface area contributed by atoms with E-state index < -0.39 is 0 Å². The minimum Gasteiger partial charge on any atom is -0.259 e. The molecule has 0 saturated carbocycles. The molecule has 0 amide bonds. The van der Waals surface area contributed by atoms with Gasteiger partial charge >= 0.3 is 0 Å². The quantitative estimate of drug-likeness (QED) is 0.733. The highest BCUT2D eigenvalue weighted by molar-refractivity contribution is 7.13. The Labute approximate surface area is 96.0 Å². The minimum atomic E-state index is 0.765. The summed E-state index contributed by atoms with van der Waals surface area (Å²) >= 11 is 1.56. The van der Waals surface area contributed by atoms with E-state index in [9.17, 15) is 0 Å². The zero-order chi connectivity index (χ0) is 10.8. The first kappa shape index (κ1) is 9.23. The lowest BCUT2D eigenvalue weighted by molar-refractivity contribution is 1.10. The van der Waals surface area contributed by atoms with Crippen LogP contribution in [0.1, 0.15) is 0 Å². The van der Waals surface area contributed by atoms with E-state index in [1.165, 1.54) is 6.33 Å². The van der Waals surface area contributed by atoms with Gasteiger partial charge in [0.05, 0.1) is 16.1 Å². The summed E-state index contributed by atoms with van der Waals surface area (Å²) in [5.41, 5.74) is 3.86. The molecule has 0 aliphatic heterocycles. The summed E-state index contributed by atoms with van der Waals surface area (Å²) < 4.78 is 0. The smallest absolute Gasteiger partial charge is 0.167 e. The second-order valence-corrected chi connectivity index (χ2v) is 4.08. The fraction of sp³-hybridized carbons (Fsp3) is 0. The Morgan fingerprint density at radius 1 is 1.06 bits per heavy atom. The number of hydrogen-bond acceptors (Lipinski definition) is 4. The highest BCUT2D eigenvalue weighted by atomic mass is 32.1. The topological polar surface area (TPSA) is 54.5 Å². The predicted octanol–water partition coefficient (Wildman–Crippen LogP) is 2.60. The lowest BCUT2D eigenvalue weighted by Crippen LogP contribution is -1.83. The number of benzene rings is 1. The lowest BCUT2D eigenvalue weighted by atomic mass is 10.1. The van der Waals surface area contributed by atoms with Crippen molar-refractivity contribution in [1.29, 1.82) is 0 Å². The third kappa shape index (κ3) is 1.51. The highest BCUT2D eigenvalue weighted by Crippen LogP contribution is 2.31. The summed E-state index contributed by atoms with van der Waals surface area (Å²) in [5.74, 6) is 0.765. The van der Waals surface area contributed by atoms with Crippen LogP contribution in [0.5, 0.6) is 0 Å². The Morgan fingerprint density at radius 2 is 1.94 bits per heavy atom. The molecular formula is C11H8N4S. The van der Waals surface area contributed by atoms with Crippen LogP contribution < -0.4 is 0 Å². The van der Waals surface area contributed by atoms with Gasteiger partial charge in [0.25, 0.3) is 0 Å². The van der Waals surface area contributed by atoms with Crippen molar-refractivity contribution < 1.29 is 0 Å². The van der Waals surface area contributed by atoms with E-state index in [2.05, 4.69) is 20.2 Å². The van der Waals surface area contributed by atoms with Crippen molar-refractivity contribution in [1.82, 2.24) is 20.2 Å². The van der Waals surface area contributed by atoms with Crippen molar-refractivity contribution in [3.8, 4) is 22.0 Å². The standard InChI is InChI=1S/C11H8N4S/c1-2-4-8(5-3-1)9-10(16-7-13-9)11-12-6-14-15-11/h1-7H,(H,12,14,15). The van der Waals surface area contributed by atoms with E-state index in [0.29, 0.717) is 0 Å². The van der Waals surface area contributed by atoms with E-state index in [1.807, 2.05) is 35.8 Å². The Kier molecular flexibility index (Phi) is 2.23. The molecule has 0 fully saturated rings. The number of aromatic amines is 1. The van der Waals surface area contributed by atoms with Gasteiger partial charge in [-0.1, -0.05) is 30.3 Å². The van der Waals surface area contributed by atoms with Crippen molar-refractivity contribution in [2.75, 3.05) is 0 Å². The number of hydrogen-bond donors (Lipinski definition) is 1. The molecule has 4 nitrogen and oxygen atoms in total. The monoisotopic (exact) mass is 228 g/mol. The maximum absolute atomic E-state index is 4.37. The molecule has 1 N–H and O–H groups in total. The molecular weight excluding hydrogens is 220 g/mol. The molecule has 0 unspecified atom stereocenters. The number of rotatable bonds is 2. The summed E-state index contributed by atoms with van der Waals surface area (Å²) in [6.07, 6.45) is 1.50. The zero-order valence-electron chi connectivity index (χ0n) is 8.29. The van der Waals surface area contributed by atoms with Crippen molar-refractivity contribution in [2.24, 2.45) is 0 Å². The highest BCUT2D eigenvalue weighted by Gasteiger charge is 2.12. The Balaban J connectivity index is 2.14. The third-order valence-corrected chi connectivity index (χ3v) is 3.08. The molecule has 16 heavy (non-hydrogen) atoms. The molecule has 78 valence electrons. The fourth-order valence-electron chi connectivity index (χ4n) is 1.53. The van der Waals surface area contributed by atoms with Gasteiger partial charge in [0, 0.05) is 5.56 Å². The van der Waals surface area contributed by atoms with Gasteiger partial charge in [-0.25, -0.2) is 9.97 Å². The van der Waals surface area contributed by atoms with Gasteiger partial charge in [-0.2, -0.15) is 5.10 Å². The zero-order valence-corrected chi connectivity index (χ0v) is 9.11. The molecule has 0 saturated heterocycles. The van der Waals surface area contributed by atoms with Crippen LogP contribution in [0.2, 0.25) is 0 Å². The van der Waals surface area contributed by atoms with Crippen LogP contribution in [0.15, 0.2) is 42.2 Å². The molecule has 0 spiro atoms. The number of nitrogens with one attached hydrogen (secondary N) is 1. The second kappa shape index (κ2) is 3.86. The van der Waals surface area contributed by atoms with Gasteiger partial charge in [0.15, 0.2) is 5.82 Å². The second-order valence-electron chi connectivity index (χ2n) is 3.23. The molecule has 5 heteroatoms. The first-order valence-corrected chi connectivity index (χ1v) is 5.68. The van der Waals surface area contributed by atoms with Crippen LogP contribution in [-0.2, 0) is 0 Å². The Morgan fingerprint density at radius 3 is 2.69 bits per heavy atom. The van der Waals surface area contributed by atoms with Crippen LogP contribution in [0.3, 0.4) is 0 Å². The Hall–Kier alpha value is -2.01. The van der Waals surface area contributed by atoms with Crippen LogP contribution in [0, 0.1) is 0 Å². The molecule has 3 rings (SSSR count). The molecule has 0 aliphatic rings. The molecule has 2 aromatic heterocycles. The van der Waals surface area contributed by atoms with Crippen LogP contribution in [0.4, 0.5) is 0 Å². The molecule has 0 atom stereocenters. The molecule has 0 bridgehead atoms. The summed E-state index contributed by atoms with van der Waals surface area (Å²) in [5, 5.41) is 6.71. The number of thiazole rings is 1. The largest absolute Gasteiger partial charge is 0.259 e. The SMILES string of the molecule is c1ccc(-c2ncsc2-c2ncn[nH]2)cc1. The van der Waals surface area contributed by atoms with Crippen molar-refractivity contribution >= 4 is 11.3 Å². The molecule has 1 aromatic carbocycles. The van der Waals surface area contributed by atoms with E-state index in [0.717, 1.165) is 22.0 Å². The average molecular weight is 228 g/mol. The molecule has 0 aliphatic carbocycles. The molecule has 3 aromatic rings. The van der Waals surface area contributed by atoms with Gasteiger partial charge in [0.2, 0.25) is 0 Å². The number of H-pyrrole nitrogens is 1. The first-order valence-electron chi connectivity index (χ1n) is 4.80. The average Bonchev–Trinajstić information content (AvgIpc) is 3.01. The maximum atomic E-state index is 4.37. The number of nitrogens with zero attached hydrogens (tertiary/aromatic N) is 3. The van der Waals surface area contributed by atoms with Gasteiger partial charge in [-0.15, -0.1) is 11.3 Å². The summed E-state index contributed by atoms with van der Waals surface area (Å²) in [7, 11) is 0. The summed E-state index contributed by atoms with van der Waals surface area (Å²) in [4.78, 5) is 9.54. The Bertz CT molecular complexity index is 571.